The van der Waals surface area contributed by atoms with Crippen molar-refractivity contribution in [2.45, 2.75) is 6.42 Å². The van der Waals surface area contributed by atoms with Crippen LogP contribution in [0.2, 0.25) is 0 Å². The molecule has 0 aliphatic carbocycles. The van der Waals surface area contributed by atoms with E-state index in [4.69, 9.17) is 18.9 Å². The third kappa shape index (κ3) is 5.63. The highest BCUT2D eigenvalue weighted by Crippen LogP contribution is 2.27. The van der Waals surface area contributed by atoms with E-state index in [1.807, 2.05) is 18.2 Å². The number of rotatable bonds is 10. The minimum absolute atomic E-state index is 0.176. The minimum atomic E-state index is -0.176. The second-order valence-corrected chi connectivity index (χ2v) is 5.42. The van der Waals surface area contributed by atoms with E-state index in [-0.39, 0.29) is 5.91 Å². The largest absolute Gasteiger partial charge is 0.493 e. The molecule has 0 radical (unpaired) electrons. The summed E-state index contributed by atoms with van der Waals surface area (Å²) in [5, 5.41) is 2.89. The zero-order chi connectivity index (χ0) is 18.8. The van der Waals surface area contributed by atoms with Gasteiger partial charge in [-0.1, -0.05) is 6.07 Å². The molecule has 0 aliphatic heterocycles. The molecular weight excluding hydrogens is 336 g/mol. The zero-order valence-corrected chi connectivity index (χ0v) is 15.3. The Hall–Kier alpha value is -2.80. The van der Waals surface area contributed by atoms with Gasteiger partial charge in [0.15, 0.2) is 11.5 Å². The van der Waals surface area contributed by atoms with Crippen LogP contribution in [0.25, 0.3) is 0 Å². The Labute approximate surface area is 153 Å². The van der Waals surface area contributed by atoms with Crippen molar-refractivity contribution < 1.29 is 23.7 Å². The number of carbonyl (C=O) groups is 1. The molecule has 0 fully saturated rings. The minimum Gasteiger partial charge on any atom is -0.493 e. The van der Waals surface area contributed by atoms with E-state index in [9.17, 15) is 4.79 Å². The maximum absolute atomic E-state index is 12.3. The summed E-state index contributed by atoms with van der Waals surface area (Å²) in [6.07, 6.45) is 2.22. The number of nitrogens with one attached hydrogen (secondary N) is 1. The van der Waals surface area contributed by atoms with Crippen LogP contribution in [-0.4, -0.2) is 52.0 Å². The number of hydrogen-bond acceptors (Lipinski definition) is 6. The topological polar surface area (TPSA) is 78.9 Å². The fourth-order valence-electron chi connectivity index (χ4n) is 2.32. The summed E-state index contributed by atoms with van der Waals surface area (Å²) in [5.74, 6) is 1.57. The maximum Gasteiger partial charge on any atom is 0.251 e. The number of amides is 1. The van der Waals surface area contributed by atoms with Gasteiger partial charge in [-0.25, -0.2) is 4.98 Å². The quantitative estimate of drug-likeness (QED) is 0.654. The van der Waals surface area contributed by atoms with Gasteiger partial charge in [0, 0.05) is 31.5 Å². The highest BCUT2D eigenvalue weighted by molar-refractivity contribution is 5.94. The van der Waals surface area contributed by atoms with E-state index in [1.165, 1.54) is 0 Å². The molecule has 7 nitrogen and oxygen atoms in total. The molecule has 1 aromatic heterocycles. The van der Waals surface area contributed by atoms with Gasteiger partial charge in [-0.2, -0.15) is 0 Å². The van der Waals surface area contributed by atoms with Gasteiger partial charge in [0.2, 0.25) is 5.88 Å². The Kier molecular flexibility index (Phi) is 7.70. The van der Waals surface area contributed by atoms with Crippen LogP contribution < -0.4 is 19.5 Å². The molecule has 1 heterocycles. The highest BCUT2D eigenvalue weighted by atomic mass is 16.5. The van der Waals surface area contributed by atoms with Crippen LogP contribution in [0, 0.1) is 0 Å². The average Bonchev–Trinajstić information content (AvgIpc) is 2.68. The summed E-state index contributed by atoms with van der Waals surface area (Å²) in [4.78, 5) is 16.4. The SMILES string of the molecule is COCCOc1cc(C(=O)NCCc2ccc(OC)c(OC)c2)ccn1. The number of nitrogens with zero attached hydrogens (tertiary/aromatic N) is 1. The third-order valence-corrected chi connectivity index (χ3v) is 3.68. The first kappa shape index (κ1) is 19.5. The van der Waals surface area contributed by atoms with E-state index in [1.54, 1.807) is 39.7 Å². The summed E-state index contributed by atoms with van der Waals surface area (Å²) in [7, 11) is 4.79. The van der Waals surface area contributed by atoms with E-state index >= 15 is 0 Å². The first-order chi connectivity index (χ1) is 12.7. The van der Waals surface area contributed by atoms with Gasteiger partial charge in [-0.3, -0.25) is 4.79 Å². The smallest absolute Gasteiger partial charge is 0.251 e. The molecular formula is C19H24N2O5. The van der Waals surface area contributed by atoms with E-state index in [2.05, 4.69) is 10.3 Å². The number of methoxy groups -OCH3 is 3. The Morgan fingerprint density at radius 1 is 1.04 bits per heavy atom. The molecule has 2 rings (SSSR count). The van der Waals surface area contributed by atoms with Gasteiger partial charge >= 0.3 is 0 Å². The molecule has 1 amide bonds. The lowest BCUT2D eigenvalue weighted by Crippen LogP contribution is -2.25. The van der Waals surface area contributed by atoms with E-state index < -0.39 is 0 Å². The van der Waals surface area contributed by atoms with Crippen molar-refractivity contribution in [3.8, 4) is 17.4 Å². The lowest BCUT2D eigenvalue weighted by atomic mass is 10.1. The van der Waals surface area contributed by atoms with Crippen LogP contribution in [0.3, 0.4) is 0 Å². The molecule has 0 bridgehead atoms. The Morgan fingerprint density at radius 2 is 1.85 bits per heavy atom. The molecule has 0 aliphatic rings. The fourth-order valence-corrected chi connectivity index (χ4v) is 2.32. The predicted octanol–water partition coefficient (Wildman–Crippen LogP) is 2.10. The summed E-state index contributed by atoms with van der Waals surface area (Å²) in [6.45, 7) is 1.34. The van der Waals surface area contributed by atoms with Crippen LogP contribution >= 0.6 is 0 Å². The van der Waals surface area contributed by atoms with Gasteiger partial charge < -0.3 is 24.3 Å². The van der Waals surface area contributed by atoms with Crippen molar-refractivity contribution in [2.75, 3.05) is 41.1 Å². The normalized spacial score (nSPS) is 10.3. The van der Waals surface area contributed by atoms with Crippen LogP contribution in [0.5, 0.6) is 17.4 Å². The lowest BCUT2D eigenvalue weighted by molar-refractivity contribution is 0.0953. The standard InChI is InChI=1S/C19H24N2O5/c1-23-10-11-26-18-13-15(7-9-20-18)19(22)21-8-6-14-4-5-16(24-2)17(12-14)25-3/h4-5,7,9,12-13H,6,8,10-11H2,1-3H3,(H,21,22). The summed E-state index contributed by atoms with van der Waals surface area (Å²) < 4.78 is 20.8. The zero-order valence-electron chi connectivity index (χ0n) is 15.3. The molecule has 0 atom stereocenters. The van der Waals surface area contributed by atoms with Crippen molar-refractivity contribution in [2.24, 2.45) is 0 Å². The van der Waals surface area contributed by atoms with Gasteiger partial charge in [0.25, 0.3) is 5.91 Å². The Bertz CT molecular complexity index is 721. The average molecular weight is 360 g/mol. The molecule has 2 aromatic rings. The van der Waals surface area contributed by atoms with E-state index in [0.717, 1.165) is 5.56 Å². The number of pyridine rings is 1. The summed E-state index contributed by atoms with van der Waals surface area (Å²) in [6, 6.07) is 8.96. The van der Waals surface area contributed by atoms with Crippen LogP contribution in [0.15, 0.2) is 36.5 Å². The maximum atomic E-state index is 12.3. The Balaban J connectivity index is 1.88. The molecule has 0 unspecified atom stereocenters. The molecule has 1 N–H and O–H groups in total. The fraction of sp³-hybridized carbons (Fsp3) is 0.368. The van der Waals surface area contributed by atoms with Crippen molar-refractivity contribution in [1.82, 2.24) is 10.3 Å². The number of hydrogen-bond donors (Lipinski definition) is 1. The first-order valence-corrected chi connectivity index (χ1v) is 8.24. The number of ether oxygens (including phenoxy) is 4. The molecule has 0 saturated carbocycles. The summed E-state index contributed by atoms with van der Waals surface area (Å²) in [5.41, 5.74) is 1.54. The second-order valence-electron chi connectivity index (χ2n) is 5.42. The van der Waals surface area contributed by atoms with Gasteiger partial charge in [-0.05, 0) is 30.2 Å². The van der Waals surface area contributed by atoms with Crippen LogP contribution in [0.4, 0.5) is 0 Å². The second kappa shape index (κ2) is 10.2. The van der Waals surface area contributed by atoms with Crippen molar-refractivity contribution >= 4 is 5.91 Å². The third-order valence-electron chi connectivity index (χ3n) is 3.68. The first-order valence-electron chi connectivity index (χ1n) is 8.24. The van der Waals surface area contributed by atoms with Crippen LogP contribution in [0.1, 0.15) is 15.9 Å². The van der Waals surface area contributed by atoms with Gasteiger partial charge in [-0.15, -0.1) is 0 Å². The summed E-state index contributed by atoms with van der Waals surface area (Å²) >= 11 is 0. The van der Waals surface area contributed by atoms with Crippen molar-refractivity contribution in [1.29, 1.82) is 0 Å². The molecule has 0 spiro atoms. The predicted molar refractivity (Wildman–Crippen MR) is 97.2 cm³/mol. The number of benzene rings is 1. The molecule has 26 heavy (non-hydrogen) atoms. The Morgan fingerprint density at radius 3 is 2.58 bits per heavy atom. The lowest BCUT2D eigenvalue weighted by Gasteiger charge is -2.10. The van der Waals surface area contributed by atoms with Crippen molar-refractivity contribution in [3.63, 3.8) is 0 Å². The van der Waals surface area contributed by atoms with Crippen molar-refractivity contribution in [3.05, 3.63) is 47.7 Å². The number of carbonyl (C=O) groups excluding carboxylic acids is 1. The van der Waals surface area contributed by atoms with Gasteiger partial charge in [0.1, 0.15) is 6.61 Å². The van der Waals surface area contributed by atoms with Gasteiger partial charge in [0.05, 0.1) is 20.8 Å². The molecule has 1 aromatic carbocycles. The monoisotopic (exact) mass is 360 g/mol. The highest BCUT2D eigenvalue weighted by Gasteiger charge is 2.08. The molecule has 0 saturated heterocycles. The van der Waals surface area contributed by atoms with E-state index in [0.29, 0.717) is 49.1 Å². The molecule has 7 heteroatoms. The van der Waals surface area contributed by atoms with Crippen LogP contribution in [-0.2, 0) is 11.2 Å². The molecule has 140 valence electrons. The number of aromatic nitrogens is 1.